The molecule has 0 saturated heterocycles. The minimum absolute atomic E-state index is 0.0570. The van der Waals surface area contributed by atoms with Crippen LogP contribution in [0.3, 0.4) is 0 Å². The summed E-state index contributed by atoms with van der Waals surface area (Å²) in [6.07, 6.45) is 2.60. The summed E-state index contributed by atoms with van der Waals surface area (Å²) in [7, 11) is 0. The molecule has 2 aromatic rings. The number of carbonyl (C=O) groups is 2. The van der Waals surface area contributed by atoms with Gasteiger partial charge in [0.2, 0.25) is 5.91 Å². The molecule has 7 N–H and O–H groups in total. The van der Waals surface area contributed by atoms with Gasteiger partial charge in [-0.3, -0.25) is 4.79 Å². The van der Waals surface area contributed by atoms with Crippen molar-refractivity contribution in [3.8, 4) is 0 Å². The van der Waals surface area contributed by atoms with Crippen LogP contribution in [0.25, 0.3) is 0 Å². The van der Waals surface area contributed by atoms with E-state index in [1.54, 1.807) is 24.3 Å². The molecule has 1 heterocycles. The van der Waals surface area contributed by atoms with Crippen LogP contribution < -0.4 is 27.4 Å². The summed E-state index contributed by atoms with van der Waals surface area (Å²) in [6.45, 7) is 0.429. The molecule has 8 nitrogen and oxygen atoms in total. The lowest BCUT2D eigenvalue weighted by molar-refractivity contribution is -0.123. The molecule has 1 aromatic heterocycles. The number of nitrogens with two attached hydrogens (primary N) is 2. The number of carbonyl (C=O) groups excluding carboxylic acids is 2. The number of aromatic nitrogens is 1. The third-order valence-electron chi connectivity index (χ3n) is 6.28. The number of nitrogens with zero attached hydrogens (tertiary/aromatic N) is 1. The number of primary amides is 1. The van der Waals surface area contributed by atoms with Crippen molar-refractivity contribution in [2.75, 3.05) is 22.9 Å². The first-order valence-electron chi connectivity index (χ1n) is 10.1. The molecular formula is C21H24ClFN6O2. The number of pyridine rings is 1. The fraction of sp³-hybridized carbons (Fsp3) is 0.381. The SMILES string of the molecule is NC(=O)[C@H]1[C@@H]2CC(CNC(=O)Nc3cccc(N)c3)[C@@H](C2)[C@H]1Nc1cc(Cl)ncc1F. The van der Waals surface area contributed by atoms with E-state index in [4.69, 9.17) is 23.1 Å². The maximum Gasteiger partial charge on any atom is 0.319 e. The van der Waals surface area contributed by atoms with E-state index in [0.717, 1.165) is 19.0 Å². The lowest BCUT2D eigenvalue weighted by Gasteiger charge is -2.35. The Balaban J connectivity index is 1.42. The number of rotatable bonds is 6. The lowest BCUT2D eigenvalue weighted by Crippen LogP contribution is -2.47. The number of nitrogen functional groups attached to an aromatic ring is 1. The van der Waals surface area contributed by atoms with E-state index in [-0.39, 0.29) is 40.7 Å². The molecule has 31 heavy (non-hydrogen) atoms. The summed E-state index contributed by atoms with van der Waals surface area (Å²) < 4.78 is 14.2. The third kappa shape index (κ3) is 4.51. The van der Waals surface area contributed by atoms with E-state index in [1.165, 1.54) is 6.07 Å². The Morgan fingerprint density at radius 3 is 2.81 bits per heavy atom. The molecule has 3 amide bonds. The van der Waals surface area contributed by atoms with Crippen molar-refractivity contribution in [1.82, 2.24) is 10.3 Å². The average Bonchev–Trinajstić information content (AvgIpc) is 3.27. The number of amides is 3. The number of anilines is 3. The molecule has 5 atom stereocenters. The highest BCUT2D eigenvalue weighted by atomic mass is 35.5. The first-order valence-corrected chi connectivity index (χ1v) is 10.5. The van der Waals surface area contributed by atoms with Crippen molar-refractivity contribution in [2.45, 2.75) is 18.9 Å². The van der Waals surface area contributed by atoms with Gasteiger partial charge in [-0.05, 0) is 48.8 Å². The first-order chi connectivity index (χ1) is 14.8. The zero-order valence-electron chi connectivity index (χ0n) is 16.6. The first kappa shape index (κ1) is 21.2. The summed E-state index contributed by atoms with van der Waals surface area (Å²) in [5.74, 6) is -1.09. The quantitative estimate of drug-likeness (QED) is 0.343. The van der Waals surface area contributed by atoms with E-state index in [2.05, 4.69) is 20.9 Å². The molecule has 2 bridgehead atoms. The van der Waals surface area contributed by atoms with Crippen LogP contribution in [0.4, 0.5) is 26.2 Å². The van der Waals surface area contributed by atoms with Crippen molar-refractivity contribution in [2.24, 2.45) is 29.4 Å². The smallest absolute Gasteiger partial charge is 0.319 e. The maximum absolute atomic E-state index is 14.2. The molecule has 2 saturated carbocycles. The highest BCUT2D eigenvalue weighted by Crippen LogP contribution is 2.52. The topological polar surface area (TPSA) is 135 Å². The van der Waals surface area contributed by atoms with Crippen LogP contribution in [0.2, 0.25) is 5.15 Å². The minimum atomic E-state index is -0.549. The summed E-state index contributed by atoms with van der Waals surface area (Å²) in [5, 5.41) is 8.92. The zero-order chi connectivity index (χ0) is 22.1. The van der Waals surface area contributed by atoms with Gasteiger partial charge in [0.25, 0.3) is 0 Å². The zero-order valence-corrected chi connectivity index (χ0v) is 17.4. The van der Waals surface area contributed by atoms with Gasteiger partial charge in [-0.25, -0.2) is 14.2 Å². The summed E-state index contributed by atoms with van der Waals surface area (Å²) >= 11 is 5.90. The molecule has 2 fully saturated rings. The number of benzene rings is 1. The number of urea groups is 1. The Hall–Kier alpha value is -3.07. The predicted octanol–water partition coefficient (Wildman–Crippen LogP) is 2.82. The van der Waals surface area contributed by atoms with E-state index >= 15 is 0 Å². The van der Waals surface area contributed by atoms with Gasteiger partial charge in [0.1, 0.15) is 5.15 Å². The van der Waals surface area contributed by atoms with Gasteiger partial charge in [-0.15, -0.1) is 0 Å². The molecule has 2 aliphatic carbocycles. The van der Waals surface area contributed by atoms with E-state index < -0.39 is 17.6 Å². The van der Waals surface area contributed by atoms with E-state index in [1.807, 2.05) is 0 Å². The summed E-state index contributed by atoms with van der Waals surface area (Å²) in [6, 6.07) is 7.63. The molecule has 0 aliphatic heterocycles. The van der Waals surface area contributed by atoms with Crippen LogP contribution in [0.1, 0.15) is 12.8 Å². The molecule has 4 rings (SSSR count). The number of nitrogens with one attached hydrogen (secondary N) is 3. The second-order valence-electron chi connectivity index (χ2n) is 8.20. The summed E-state index contributed by atoms with van der Waals surface area (Å²) in [5.41, 5.74) is 12.7. The van der Waals surface area contributed by atoms with Gasteiger partial charge in [-0.1, -0.05) is 17.7 Å². The minimum Gasteiger partial charge on any atom is -0.399 e. The van der Waals surface area contributed by atoms with Crippen LogP contribution >= 0.6 is 11.6 Å². The van der Waals surface area contributed by atoms with Gasteiger partial charge in [0.05, 0.1) is 17.8 Å². The largest absolute Gasteiger partial charge is 0.399 e. The van der Waals surface area contributed by atoms with Crippen molar-refractivity contribution >= 4 is 40.6 Å². The van der Waals surface area contributed by atoms with Crippen molar-refractivity contribution in [3.05, 3.63) is 47.5 Å². The lowest BCUT2D eigenvalue weighted by atomic mass is 9.77. The Labute approximate surface area is 183 Å². The van der Waals surface area contributed by atoms with E-state index in [9.17, 15) is 14.0 Å². The maximum atomic E-state index is 14.2. The molecule has 164 valence electrons. The third-order valence-corrected chi connectivity index (χ3v) is 6.49. The Morgan fingerprint density at radius 2 is 2.06 bits per heavy atom. The van der Waals surface area contributed by atoms with Gasteiger partial charge in [-0.2, -0.15) is 0 Å². The summed E-state index contributed by atoms with van der Waals surface area (Å²) in [4.78, 5) is 28.1. The highest BCUT2D eigenvalue weighted by Gasteiger charge is 2.54. The second-order valence-corrected chi connectivity index (χ2v) is 8.59. The molecule has 2 aliphatic rings. The standard InChI is InChI=1S/C21H24ClFN6O2/c22-17-7-16(15(23)9-26-17)29-19-14-5-10(18(19)20(25)30)4-11(14)8-27-21(31)28-13-3-1-2-12(24)6-13/h1-3,6-7,9-11,14,18-19H,4-5,8,24H2,(H2,25,30)(H,26,29)(H2,27,28,31)/t10-,11?,14-,18+,19-/m1/s1. The molecule has 1 unspecified atom stereocenters. The monoisotopic (exact) mass is 446 g/mol. The molecule has 0 spiro atoms. The van der Waals surface area contributed by atoms with Crippen molar-refractivity contribution < 1.29 is 14.0 Å². The van der Waals surface area contributed by atoms with Crippen LogP contribution in [0.5, 0.6) is 0 Å². The van der Waals surface area contributed by atoms with Crippen LogP contribution in [0.15, 0.2) is 36.5 Å². The normalized spacial score (nSPS) is 26.5. The van der Waals surface area contributed by atoms with Gasteiger partial charge >= 0.3 is 6.03 Å². The number of halogens is 2. The second kappa shape index (κ2) is 8.58. The van der Waals surface area contributed by atoms with Crippen molar-refractivity contribution in [1.29, 1.82) is 0 Å². The van der Waals surface area contributed by atoms with Crippen LogP contribution in [0, 0.1) is 29.5 Å². The van der Waals surface area contributed by atoms with Crippen LogP contribution in [-0.2, 0) is 4.79 Å². The van der Waals surface area contributed by atoms with Gasteiger partial charge in [0.15, 0.2) is 5.82 Å². The fourth-order valence-corrected chi connectivity index (χ4v) is 5.21. The molecule has 10 heteroatoms. The highest BCUT2D eigenvalue weighted by molar-refractivity contribution is 6.29. The number of fused-ring (bicyclic) bond motifs is 2. The molecule has 1 aromatic carbocycles. The molecule has 0 radical (unpaired) electrons. The Bertz CT molecular complexity index is 1010. The Morgan fingerprint density at radius 1 is 1.26 bits per heavy atom. The van der Waals surface area contributed by atoms with Crippen LogP contribution in [-0.4, -0.2) is 29.5 Å². The fourth-order valence-electron chi connectivity index (χ4n) is 5.05. The average molecular weight is 447 g/mol. The number of hydrogen-bond acceptors (Lipinski definition) is 5. The molecular weight excluding hydrogens is 423 g/mol. The van der Waals surface area contributed by atoms with E-state index in [0.29, 0.717) is 17.9 Å². The van der Waals surface area contributed by atoms with Crippen molar-refractivity contribution in [3.63, 3.8) is 0 Å². The van der Waals surface area contributed by atoms with Gasteiger partial charge < -0.3 is 27.4 Å². The Kier molecular flexibility index (Phi) is 5.86. The predicted molar refractivity (Wildman–Crippen MR) is 117 cm³/mol. The number of hydrogen-bond donors (Lipinski definition) is 5. The van der Waals surface area contributed by atoms with Gasteiger partial charge in [0, 0.05) is 30.0 Å².